The molecule has 1 saturated carbocycles. The number of aromatic carboxylic acids is 1. The number of aryl methyl sites for hydroxylation is 1. The van der Waals surface area contributed by atoms with Gasteiger partial charge in [0.05, 0.1) is 17.4 Å². The van der Waals surface area contributed by atoms with Crippen molar-refractivity contribution in [1.29, 1.82) is 5.26 Å². The summed E-state index contributed by atoms with van der Waals surface area (Å²) in [5.74, 6) is -3.34. The highest BCUT2D eigenvalue weighted by Crippen LogP contribution is 2.48. The molecule has 0 saturated heterocycles. The first-order valence-corrected chi connectivity index (χ1v) is 11.2. The number of hydrogen-bond acceptors (Lipinski definition) is 4. The molecular formula is C26H26N4O4. The number of amides is 2. The van der Waals surface area contributed by atoms with E-state index in [1.165, 1.54) is 4.57 Å². The smallest absolute Gasteiger partial charge is 0.352 e. The van der Waals surface area contributed by atoms with Gasteiger partial charge in [-0.05, 0) is 24.5 Å². The second kappa shape index (κ2) is 9.02. The van der Waals surface area contributed by atoms with E-state index in [1.807, 2.05) is 6.07 Å². The molecule has 0 aliphatic heterocycles. The molecular weight excluding hydrogens is 432 g/mol. The fraction of sp³-hybridized carbons (Fsp3) is 0.308. The van der Waals surface area contributed by atoms with Crippen LogP contribution < -0.4 is 11.1 Å². The normalized spacial score (nSPS) is 20.9. The Bertz CT molecular complexity index is 1310. The second-order valence-corrected chi connectivity index (χ2v) is 8.72. The van der Waals surface area contributed by atoms with Crippen molar-refractivity contribution in [2.24, 2.45) is 18.7 Å². The number of nitrogens with two attached hydrogens (primary N) is 1. The molecule has 3 atom stereocenters. The van der Waals surface area contributed by atoms with Crippen molar-refractivity contribution in [2.45, 2.75) is 37.1 Å². The van der Waals surface area contributed by atoms with Crippen molar-refractivity contribution in [3.8, 4) is 6.07 Å². The Morgan fingerprint density at radius 3 is 2.47 bits per heavy atom. The third-order valence-corrected chi connectivity index (χ3v) is 6.97. The number of carbonyl (C=O) groups excluding carboxylic acids is 2. The van der Waals surface area contributed by atoms with Gasteiger partial charge in [0.2, 0.25) is 11.8 Å². The Hall–Kier alpha value is -4.12. The van der Waals surface area contributed by atoms with Gasteiger partial charge in [-0.2, -0.15) is 5.26 Å². The van der Waals surface area contributed by atoms with Crippen LogP contribution in [0.15, 0.2) is 54.6 Å². The quantitative estimate of drug-likeness (QED) is 0.521. The van der Waals surface area contributed by atoms with Gasteiger partial charge >= 0.3 is 5.97 Å². The topological polar surface area (TPSA) is 138 Å². The zero-order valence-electron chi connectivity index (χ0n) is 18.8. The molecule has 1 heterocycles. The Kier molecular flexibility index (Phi) is 6.12. The number of carboxylic acids is 1. The van der Waals surface area contributed by atoms with Gasteiger partial charge in [0.15, 0.2) is 0 Å². The molecule has 0 bridgehead atoms. The lowest BCUT2D eigenvalue weighted by molar-refractivity contribution is -0.137. The summed E-state index contributed by atoms with van der Waals surface area (Å²) in [6, 6.07) is 17.1. The maximum Gasteiger partial charge on any atom is 0.352 e. The molecule has 1 aromatic heterocycles. The average molecular weight is 459 g/mol. The van der Waals surface area contributed by atoms with Crippen molar-refractivity contribution in [1.82, 2.24) is 9.88 Å². The van der Waals surface area contributed by atoms with Crippen LogP contribution in [0.4, 0.5) is 0 Å². The van der Waals surface area contributed by atoms with Crippen molar-refractivity contribution in [3.05, 3.63) is 71.4 Å². The lowest BCUT2D eigenvalue weighted by atomic mass is 9.60. The molecule has 1 fully saturated rings. The molecule has 8 heteroatoms. The van der Waals surface area contributed by atoms with E-state index in [0.717, 1.165) is 0 Å². The molecule has 1 aliphatic rings. The summed E-state index contributed by atoms with van der Waals surface area (Å²) in [5.41, 5.74) is 5.98. The number of carboxylic acid groups (broad SMARTS) is 1. The third-order valence-electron chi connectivity index (χ3n) is 6.97. The van der Waals surface area contributed by atoms with E-state index in [-0.39, 0.29) is 17.7 Å². The Morgan fingerprint density at radius 1 is 1.15 bits per heavy atom. The van der Waals surface area contributed by atoms with Crippen LogP contribution in [0.5, 0.6) is 0 Å². The minimum absolute atomic E-state index is 0.0559. The first-order chi connectivity index (χ1) is 16.3. The Morgan fingerprint density at radius 2 is 1.82 bits per heavy atom. The molecule has 2 aromatic carbocycles. The van der Waals surface area contributed by atoms with E-state index in [1.54, 1.807) is 55.6 Å². The molecule has 4 N–H and O–H groups in total. The van der Waals surface area contributed by atoms with Gasteiger partial charge in [-0.15, -0.1) is 0 Å². The number of aromatic nitrogens is 1. The molecule has 1 unspecified atom stereocenters. The largest absolute Gasteiger partial charge is 0.477 e. The fourth-order valence-electron chi connectivity index (χ4n) is 5.42. The van der Waals surface area contributed by atoms with E-state index < -0.39 is 35.2 Å². The van der Waals surface area contributed by atoms with Gasteiger partial charge < -0.3 is 20.7 Å². The zero-order chi connectivity index (χ0) is 24.5. The van der Waals surface area contributed by atoms with Crippen LogP contribution in [-0.4, -0.2) is 27.5 Å². The van der Waals surface area contributed by atoms with E-state index in [9.17, 15) is 24.8 Å². The Labute approximate surface area is 197 Å². The monoisotopic (exact) mass is 458 g/mol. The summed E-state index contributed by atoms with van der Waals surface area (Å²) in [7, 11) is 1.63. The van der Waals surface area contributed by atoms with E-state index >= 15 is 0 Å². The first-order valence-electron chi connectivity index (χ1n) is 11.2. The van der Waals surface area contributed by atoms with E-state index in [4.69, 9.17) is 5.73 Å². The molecule has 0 radical (unpaired) electrons. The number of nitriles is 1. The van der Waals surface area contributed by atoms with Crippen molar-refractivity contribution >= 4 is 28.7 Å². The van der Waals surface area contributed by atoms with Crippen LogP contribution in [0.1, 0.15) is 53.3 Å². The first kappa shape index (κ1) is 23.1. The average Bonchev–Trinajstić information content (AvgIpc) is 3.15. The zero-order valence-corrected chi connectivity index (χ0v) is 18.8. The van der Waals surface area contributed by atoms with Gasteiger partial charge in [0.25, 0.3) is 0 Å². The van der Waals surface area contributed by atoms with E-state index in [0.29, 0.717) is 35.7 Å². The number of hydrogen-bond donors (Lipinski definition) is 3. The summed E-state index contributed by atoms with van der Waals surface area (Å²) in [4.78, 5) is 39.2. The molecule has 8 nitrogen and oxygen atoms in total. The highest BCUT2D eigenvalue weighted by atomic mass is 16.4. The maximum absolute atomic E-state index is 13.6. The molecule has 174 valence electrons. The summed E-state index contributed by atoms with van der Waals surface area (Å²) >= 11 is 0. The summed E-state index contributed by atoms with van der Waals surface area (Å²) < 4.78 is 1.53. The summed E-state index contributed by atoms with van der Waals surface area (Å²) in [6.45, 7) is 0. The second-order valence-electron chi connectivity index (χ2n) is 8.72. The van der Waals surface area contributed by atoms with Gasteiger partial charge in [-0.25, -0.2) is 4.79 Å². The summed E-state index contributed by atoms with van der Waals surface area (Å²) in [5, 5.41) is 23.2. The molecule has 2 amide bonds. The SMILES string of the molecule is Cn1c(C(=O)O)c([C@]2(C(N)=O)CCCC[C@H]2C(=O)NC(C#N)c2ccccc2)c2ccccc21. The number of nitrogens with zero attached hydrogens (tertiary/aromatic N) is 2. The lowest BCUT2D eigenvalue weighted by Crippen LogP contribution is -2.55. The van der Waals surface area contributed by atoms with E-state index in [2.05, 4.69) is 11.4 Å². The molecule has 1 aliphatic carbocycles. The molecule has 3 aromatic rings. The van der Waals surface area contributed by atoms with Crippen LogP contribution in [0.25, 0.3) is 10.9 Å². The van der Waals surface area contributed by atoms with Gasteiger partial charge in [0.1, 0.15) is 11.7 Å². The standard InChI is InChI=1S/C26H26N4O4/c1-30-20-13-6-5-11-17(20)21(22(30)24(32)33)26(25(28)34)14-8-7-12-18(26)23(31)29-19(15-27)16-9-3-2-4-10-16/h2-6,9-11,13,18-19H,7-8,12,14H2,1H3,(H2,28,34)(H,29,31)(H,32,33)/t18-,19?,26-/m0/s1. The molecule has 4 rings (SSSR count). The number of primary amides is 1. The van der Waals surface area contributed by atoms with Crippen LogP contribution in [0.3, 0.4) is 0 Å². The highest BCUT2D eigenvalue weighted by molar-refractivity contribution is 6.06. The van der Waals surface area contributed by atoms with Gasteiger partial charge in [0, 0.05) is 23.5 Å². The lowest BCUT2D eigenvalue weighted by Gasteiger charge is -2.41. The Balaban J connectivity index is 1.88. The fourth-order valence-corrected chi connectivity index (χ4v) is 5.42. The number of benzene rings is 2. The molecule has 34 heavy (non-hydrogen) atoms. The highest BCUT2D eigenvalue weighted by Gasteiger charge is 2.54. The van der Waals surface area contributed by atoms with Gasteiger partial charge in [-0.3, -0.25) is 9.59 Å². The number of para-hydroxylation sites is 1. The van der Waals surface area contributed by atoms with Gasteiger partial charge in [-0.1, -0.05) is 61.4 Å². The van der Waals surface area contributed by atoms with Crippen LogP contribution in [0.2, 0.25) is 0 Å². The van der Waals surface area contributed by atoms with Crippen molar-refractivity contribution in [2.75, 3.05) is 0 Å². The number of fused-ring (bicyclic) bond motifs is 1. The van der Waals surface area contributed by atoms with Crippen LogP contribution >= 0.6 is 0 Å². The summed E-state index contributed by atoms with van der Waals surface area (Å²) in [6.07, 6.45) is 1.90. The maximum atomic E-state index is 13.6. The number of carbonyl (C=O) groups is 3. The van der Waals surface area contributed by atoms with Crippen LogP contribution in [-0.2, 0) is 22.1 Å². The number of nitrogens with one attached hydrogen (secondary N) is 1. The minimum Gasteiger partial charge on any atom is -0.477 e. The molecule has 0 spiro atoms. The predicted molar refractivity (Wildman–Crippen MR) is 126 cm³/mol. The third kappa shape index (κ3) is 3.59. The van der Waals surface area contributed by atoms with Crippen molar-refractivity contribution < 1.29 is 19.5 Å². The predicted octanol–water partition coefficient (Wildman–Crippen LogP) is 3.17. The number of rotatable bonds is 6. The van der Waals surface area contributed by atoms with Crippen LogP contribution in [0, 0.1) is 17.2 Å². The minimum atomic E-state index is -1.52. The van der Waals surface area contributed by atoms with Crippen molar-refractivity contribution in [3.63, 3.8) is 0 Å².